The number of hydrogen-bond donors (Lipinski definition) is 3. The van der Waals surface area contributed by atoms with Crippen LogP contribution in [0.1, 0.15) is 70.9 Å². The topological polar surface area (TPSA) is 124 Å². The molecule has 0 bridgehead atoms. The van der Waals surface area contributed by atoms with Crippen LogP contribution in [-0.4, -0.2) is 53.6 Å². The Balaban J connectivity index is 1.57. The molecule has 0 aliphatic carbocycles. The number of carboxylic acids is 1. The Kier molecular flexibility index (Phi) is 9.74. The third-order valence-electron chi connectivity index (χ3n) is 8.39. The van der Waals surface area contributed by atoms with Crippen molar-refractivity contribution < 1.29 is 27.4 Å². The second kappa shape index (κ2) is 12.8. The van der Waals surface area contributed by atoms with Gasteiger partial charge in [-0.3, -0.25) is 14.7 Å². The lowest BCUT2D eigenvalue weighted by atomic mass is 9.81. The Morgan fingerprint density at radius 1 is 1.19 bits per heavy atom. The minimum Gasteiger partial charge on any atom is -0.481 e. The molecule has 0 saturated carbocycles. The van der Waals surface area contributed by atoms with Gasteiger partial charge in [0.15, 0.2) is 0 Å². The van der Waals surface area contributed by atoms with Crippen molar-refractivity contribution in [2.24, 2.45) is 0 Å². The summed E-state index contributed by atoms with van der Waals surface area (Å²) in [5.74, 6) is 0.870. The van der Waals surface area contributed by atoms with Crippen LogP contribution in [0.2, 0.25) is 0 Å². The highest BCUT2D eigenvalue weighted by Gasteiger charge is 2.45. The second-order valence-electron chi connectivity index (χ2n) is 12.1. The highest BCUT2D eigenvalue weighted by Crippen LogP contribution is 2.46. The number of carboxylic acid groups (broad SMARTS) is 1. The Morgan fingerprint density at radius 3 is 2.64 bits per heavy atom. The van der Waals surface area contributed by atoms with Gasteiger partial charge < -0.3 is 10.0 Å². The van der Waals surface area contributed by atoms with E-state index in [1.807, 2.05) is 6.07 Å². The Labute approximate surface area is 253 Å². The van der Waals surface area contributed by atoms with Gasteiger partial charge >= 0.3 is 5.97 Å². The summed E-state index contributed by atoms with van der Waals surface area (Å²) >= 11 is 1.72. The lowest BCUT2D eigenvalue weighted by Gasteiger charge is -2.26. The molecular formula is C31H43N4O5S2+. The molecule has 4 rings (SSSR count). The van der Waals surface area contributed by atoms with E-state index >= 15 is 0 Å². The zero-order valence-corrected chi connectivity index (χ0v) is 26.8. The molecule has 0 aromatic carbocycles. The standard InChI is InChI=1S/C31H42N4O5S2/c1-30(2)24-20-22(41-5)21-34(17-8-6-7-15-27(36)37)29(24)33-25(30)13-9-14-26-31(3,4)23-12-10-16-32-28(23)35(26)18-11-19-42(38,39)40/h9-10,12-14,16,20-21,25H,6-8,11,15,17-19H2,1-5H3,(H2,36,37,38,39,40)/p+1/b13-9+,26-14-. The average Bonchev–Trinajstić information content (AvgIpc) is 3.29. The van der Waals surface area contributed by atoms with Crippen LogP contribution in [-0.2, 0) is 32.3 Å². The summed E-state index contributed by atoms with van der Waals surface area (Å²) in [7, 11) is -4.04. The van der Waals surface area contributed by atoms with Crippen LogP contribution in [0.15, 0.2) is 59.4 Å². The number of nitrogens with one attached hydrogen (secondary N) is 1. The van der Waals surface area contributed by atoms with E-state index in [1.165, 1.54) is 10.5 Å². The van der Waals surface area contributed by atoms with Crippen LogP contribution < -0.4 is 14.8 Å². The molecule has 0 saturated heterocycles. The van der Waals surface area contributed by atoms with Crippen molar-refractivity contribution in [3.05, 3.63) is 65.6 Å². The zero-order chi connectivity index (χ0) is 30.7. The molecule has 42 heavy (non-hydrogen) atoms. The fraction of sp³-hybridized carbons (Fsp3) is 0.516. The van der Waals surface area contributed by atoms with Crippen molar-refractivity contribution in [2.45, 2.75) is 88.1 Å². The van der Waals surface area contributed by atoms with E-state index < -0.39 is 16.1 Å². The van der Waals surface area contributed by atoms with E-state index in [1.54, 1.807) is 18.0 Å². The van der Waals surface area contributed by atoms with Gasteiger partial charge in [-0.25, -0.2) is 9.55 Å². The molecule has 0 radical (unpaired) electrons. The van der Waals surface area contributed by atoms with Gasteiger partial charge in [-0.1, -0.05) is 39.8 Å². The molecule has 0 amide bonds. The maximum atomic E-state index is 11.4. The first-order valence-electron chi connectivity index (χ1n) is 14.4. The SMILES string of the molecule is CSc1cc2c([n+](CCCCCC(=O)O)c1)NC(/C=C/C=C1\N(CCCS(=O)(=O)O)c3ncccc3C1(C)C)C2(C)C. The minimum absolute atomic E-state index is 0.0396. The van der Waals surface area contributed by atoms with Crippen molar-refractivity contribution >= 4 is 39.5 Å². The average molecular weight is 616 g/mol. The van der Waals surface area contributed by atoms with E-state index in [9.17, 15) is 17.8 Å². The van der Waals surface area contributed by atoms with E-state index in [0.717, 1.165) is 42.3 Å². The van der Waals surface area contributed by atoms with Crippen molar-refractivity contribution in [2.75, 3.05) is 28.8 Å². The van der Waals surface area contributed by atoms with Crippen LogP contribution in [0.25, 0.3) is 0 Å². The van der Waals surface area contributed by atoms with Crippen LogP contribution in [0.5, 0.6) is 0 Å². The molecule has 9 nitrogen and oxygen atoms in total. The predicted molar refractivity (Wildman–Crippen MR) is 168 cm³/mol. The summed E-state index contributed by atoms with van der Waals surface area (Å²) in [5, 5.41) is 12.7. The van der Waals surface area contributed by atoms with E-state index in [4.69, 9.17) is 5.11 Å². The lowest BCUT2D eigenvalue weighted by molar-refractivity contribution is -0.685. The zero-order valence-electron chi connectivity index (χ0n) is 25.1. The highest BCUT2D eigenvalue weighted by atomic mass is 32.2. The lowest BCUT2D eigenvalue weighted by Crippen LogP contribution is -2.37. The van der Waals surface area contributed by atoms with Gasteiger partial charge in [0.25, 0.3) is 15.9 Å². The monoisotopic (exact) mass is 615 g/mol. The van der Waals surface area contributed by atoms with Crippen molar-refractivity contribution in [1.82, 2.24) is 4.98 Å². The number of thioether (sulfide) groups is 1. The van der Waals surface area contributed by atoms with Gasteiger partial charge in [-0.15, -0.1) is 11.8 Å². The molecule has 4 heterocycles. The number of aryl methyl sites for hydroxylation is 1. The molecule has 3 N–H and O–H groups in total. The molecular weight excluding hydrogens is 572 g/mol. The van der Waals surface area contributed by atoms with Crippen molar-refractivity contribution in [3.8, 4) is 0 Å². The van der Waals surface area contributed by atoms with Gasteiger partial charge in [-0.2, -0.15) is 8.42 Å². The quantitative estimate of drug-likeness (QED) is 0.119. The van der Waals surface area contributed by atoms with Crippen molar-refractivity contribution in [3.63, 3.8) is 0 Å². The maximum absolute atomic E-state index is 11.4. The van der Waals surface area contributed by atoms with Crippen LogP contribution in [0.4, 0.5) is 11.6 Å². The molecule has 2 aliphatic heterocycles. The third kappa shape index (κ3) is 7.01. The summed E-state index contributed by atoms with van der Waals surface area (Å²) in [6.07, 6.45) is 15.3. The van der Waals surface area contributed by atoms with Gasteiger partial charge in [0.05, 0.1) is 17.9 Å². The number of nitrogens with zero attached hydrogens (tertiary/aromatic N) is 3. The van der Waals surface area contributed by atoms with Gasteiger partial charge in [-0.05, 0) is 56.2 Å². The minimum atomic E-state index is -4.04. The third-order valence-corrected chi connectivity index (χ3v) is 9.89. The Hall–Kier alpha value is -2.89. The number of aliphatic carboxylic acids is 1. The maximum Gasteiger partial charge on any atom is 0.303 e. The molecule has 11 heteroatoms. The predicted octanol–water partition coefficient (Wildman–Crippen LogP) is 5.32. The number of pyridine rings is 2. The number of unbranched alkanes of at least 4 members (excludes halogenated alkanes) is 2. The molecule has 2 aromatic rings. The fourth-order valence-corrected chi connectivity index (χ4v) is 6.92. The molecule has 0 spiro atoms. The first-order valence-corrected chi connectivity index (χ1v) is 17.3. The number of aromatic nitrogens is 2. The largest absolute Gasteiger partial charge is 0.481 e. The molecule has 2 aliphatic rings. The Morgan fingerprint density at radius 2 is 1.95 bits per heavy atom. The number of allylic oxidation sites excluding steroid dienone is 3. The number of carbonyl (C=O) groups is 1. The normalized spacial score (nSPS) is 19.7. The Bertz CT molecular complexity index is 1480. The summed E-state index contributed by atoms with van der Waals surface area (Å²) in [5.41, 5.74) is 2.86. The summed E-state index contributed by atoms with van der Waals surface area (Å²) in [6.45, 7) is 10.0. The number of hydrogen-bond acceptors (Lipinski definition) is 7. The first kappa shape index (κ1) is 32.0. The second-order valence-corrected chi connectivity index (χ2v) is 14.6. The van der Waals surface area contributed by atoms with Gasteiger partial charge in [0.2, 0.25) is 0 Å². The van der Waals surface area contributed by atoms with Crippen LogP contribution >= 0.6 is 11.8 Å². The molecule has 1 unspecified atom stereocenters. The molecule has 0 fully saturated rings. The fourth-order valence-electron chi connectivity index (χ4n) is 5.96. The van der Waals surface area contributed by atoms with Crippen molar-refractivity contribution in [1.29, 1.82) is 0 Å². The summed E-state index contributed by atoms with van der Waals surface area (Å²) in [6, 6.07) is 6.28. The number of anilines is 2. The number of fused-ring (bicyclic) bond motifs is 2. The summed E-state index contributed by atoms with van der Waals surface area (Å²) < 4.78 is 34.3. The first-order chi connectivity index (χ1) is 19.8. The van der Waals surface area contributed by atoms with E-state index in [0.29, 0.717) is 13.0 Å². The number of rotatable bonds is 13. The van der Waals surface area contributed by atoms with Crippen LogP contribution in [0.3, 0.4) is 0 Å². The molecule has 1 atom stereocenters. The molecule has 228 valence electrons. The molecule has 2 aromatic heterocycles. The highest BCUT2D eigenvalue weighted by molar-refractivity contribution is 7.98. The van der Waals surface area contributed by atoms with E-state index in [2.05, 4.69) is 90.3 Å². The van der Waals surface area contributed by atoms with Crippen LogP contribution in [0, 0.1) is 0 Å². The van der Waals surface area contributed by atoms with E-state index in [-0.39, 0.29) is 35.5 Å². The van der Waals surface area contributed by atoms with Gasteiger partial charge in [0, 0.05) is 46.1 Å². The smallest absolute Gasteiger partial charge is 0.303 e. The van der Waals surface area contributed by atoms with Gasteiger partial charge in [0.1, 0.15) is 18.1 Å². The summed E-state index contributed by atoms with van der Waals surface area (Å²) in [4.78, 5) is 18.7.